The van der Waals surface area contributed by atoms with Crippen molar-refractivity contribution in [2.45, 2.75) is 32.7 Å². The zero-order chi connectivity index (χ0) is 18.5. The molecule has 2 aromatic heterocycles. The van der Waals surface area contributed by atoms with E-state index in [-0.39, 0.29) is 0 Å². The van der Waals surface area contributed by atoms with Gasteiger partial charge in [-0.15, -0.1) is 11.3 Å². The lowest BCUT2D eigenvalue weighted by Gasteiger charge is -2.26. The van der Waals surface area contributed by atoms with Crippen LogP contribution in [0, 0.1) is 12.8 Å². The number of rotatable bonds is 6. The largest absolute Gasteiger partial charge is 0.379 e. The van der Waals surface area contributed by atoms with Gasteiger partial charge in [-0.1, -0.05) is 0 Å². The summed E-state index contributed by atoms with van der Waals surface area (Å²) < 4.78 is 5.47. The van der Waals surface area contributed by atoms with Crippen molar-refractivity contribution in [1.29, 1.82) is 0 Å². The highest BCUT2D eigenvalue weighted by atomic mass is 32.1. The lowest BCUT2D eigenvalue weighted by Crippen LogP contribution is -2.36. The van der Waals surface area contributed by atoms with Crippen LogP contribution >= 0.6 is 11.3 Å². The van der Waals surface area contributed by atoms with Crippen molar-refractivity contribution in [3.05, 3.63) is 28.7 Å². The molecule has 0 aromatic carbocycles. The maximum Gasteiger partial charge on any atom is 0.188 e. The molecule has 2 aliphatic rings. The molecule has 2 aliphatic heterocycles. The summed E-state index contributed by atoms with van der Waals surface area (Å²) in [6.07, 6.45) is 5.30. The third-order valence-electron chi connectivity index (χ3n) is 5.04. The maximum atomic E-state index is 5.47. The molecule has 4 rings (SSSR count). The third-order valence-corrected chi connectivity index (χ3v) is 5.87. The first kappa shape index (κ1) is 18.7. The molecular formula is C19H28N6OS. The second-order valence-electron chi connectivity index (χ2n) is 7.37. The first-order valence-corrected chi connectivity index (χ1v) is 10.6. The van der Waals surface area contributed by atoms with Crippen molar-refractivity contribution in [3.63, 3.8) is 0 Å². The standard InChI is InChI=1S/C19H28N6OS/c1-14-11-21-19(27-14)24-18-10-16(13-25-5-7-26-8-6-25)22-17(23-18)9-15-3-2-4-20-12-15/h10-11,15,20H,2-9,12-13H2,1H3,(H,21,22,23,24)/t15-/m1/s1. The molecule has 146 valence electrons. The van der Waals surface area contributed by atoms with E-state index in [2.05, 4.69) is 33.5 Å². The van der Waals surface area contributed by atoms with Crippen LogP contribution in [-0.2, 0) is 17.7 Å². The zero-order valence-corrected chi connectivity index (χ0v) is 16.7. The van der Waals surface area contributed by atoms with Crippen LogP contribution in [0.5, 0.6) is 0 Å². The summed E-state index contributed by atoms with van der Waals surface area (Å²) in [5.74, 6) is 2.40. The Hall–Kier alpha value is -1.61. The fourth-order valence-electron chi connectivity index (χ4n) is 3.66. The molecule has 27 heavy (non-hydrogen) atoms. The summed E-state index contributed by atoms with van der Waals surface area (Å²) in [6.45, 7) is 8.61. The molecular weight excluding hydrogens is 360 g/mol. The Bertz CT molecular complexity index is 701. The molecule has 0 unspecified atom stereocenters. The van der Waals surface area contributed by atoms with Crippen LogP contribution < -0.4 is 10.6 Å². The van der Waals surface area contributed by atoms with E-state index in [0.717, 1.165) is 74.8 Å². The smallest absolute Gasteiger partial charge is 0.188 e. The number of thiazole rings is 1. The van der Waals surface area contributed by atoms with Gasteiger partial charge in [-0.3, -0.25) is 4.90 Å². The predicted octanol–water partition coefficient (Wildman–Crippen LogP) is 2.36. The van der Waals surface area contributed by atoms with Gasteiger partial charge >= 0.3 is 0 Å². The number of hydrogen-bond donors (Lipinski definition) is 2. The summed E-state index contributed by atoms with van der Waals surface area (Å²) in [4.78, 5) is 17.7. The molecule has 0 amide bonds. The molecule has 0 radical (unpaired) electrons. The minimum atomic E-state index is 0.618. The minimum absolute atomic E-state index is 0.618. The summed E-state index contributed by atoms with van der Waals surface area (Å²) in [5, 5.41) is 7.75. The molecule has 2 N–H and O–H groups in total. The van der Waals surface area contributed by atoms with Gasteiger partial charge < -0.3 is 15.4 Å². The minimum Gasteiger partial charge on any atom is -0.379 e. The van der Waals surface area contributed by atoms with Gasteiger partial charge in [0.05, 0.1) is 18.9 Å². The van der Waals surface area contributed by atoms with Crippen LogP contribution in [0.4, 0.5) is 10.9 Å². The average molecular weight is 389 g/mol. The maximum absolute atomic E-state index is 5.47. The molecule has 4 heterocycles. The van der Waals surface area contributed by atoms with E-state index < -0.39 is 0 Å². The van der Waals surface area contributed by atoms with Crippen molar-refractivity contribution >= 4 is 22.3 Å². The second-order valence-corrected chi connectivity index (χ2v) is 8.60. The van der Waals surface area contributed by atoms with Crippen molar-refractivity contribution in [1.82, 2.24) is 25.2 Å². The van der Waals surface area contributed by atoms with E-state index in [4.69, 9.17) is 14.7 Å². The quantitative estimate of drug-likeness (QED) is 0.787. The number of nitrogens with zero attached hydrogens (tertiary/aromatic N) is 4. The third kappa shape index (κ3) is 5.44. The lowest BCUT2D eigenvalue weighted by molar-refractivity contribution is 0.0336. The van der Waals surface area contributed by atoms with Gasteiger partial charge in [-0.2, -0.15) is 0 Å². The van der Waals surface area contributed by atoms with Crippen molar-refractivity contribution in [2.75, 3.05) is 44.7 Å². The Morgan fingerprint density at radius 1 is 1.33 bits per heavy atom. The Kier molecular flexibility index (Phi) is 6.28. The fraction of sp³-hybridized carbons (Fsp3) is 0.632. The van der Waals surface area contributed by atoms with Gasteiger partial charge in [-0.05, 0) is 38.8 Å². The summed E-state index contributed by atoms with van der Waals surface area (Å²) >= 11 is 1.65. The van der Waals surface area contributed by atoms with E-state index in [1.165, 1.54) is 17.7 Å². The highest BCUT2D eigenvalue weighted by Crippen LogP contribution is 2.23. The molecule has 8 heteroatoms. The molecule has 0 spiro atoms. The molecule has 0 saturated carbocycles. The van der Waals surface area contributed by atoms with Gasteiger partial charge in [0, 0.05) is 43.2 Å². The van der Waals surface area contributed by atoms with Crippen LogP contribution in [0.1, 0.15) is 29.2 Å². The number of piperidine rings is 1. The summed E-state index contributed by atoms with van der Waals surface area (Å²) in [5.41, 5.74) is 1.07. The Morgan fingerprint density at radius 2 is 2.22 bits per heavy atom. The number of nitrogens with one attached hydrogen (secondary N) is 2. The van der Waals surface area contributed by atoms with Crippen molar-refractivity contribution in [2.24, 2.45) is 5.92 Å². The van der Waals surface area contributed by atoms with Crippen LogP contribution in [0.15, 0.2) is 12.3 Å². The lowest BCUT2D eigenvalue weighted by atomic mass is 9.96. The number of aromatic nitrogens is 3. The predicted molar refractivity (Wildman–Crippen MR) is 108 cm³/mol. The number of anilines is 2. The summed E-state index contributed by atoms with van der Waals surface area (Å²) in [7, 11) is 0. The number of hydrogen-bond acceptors (Lipinski definition) is 8. The van der Waals surface area contributed by atoms with Crippen LogP contribution in [0.2, 0.25) is 0 Å². The van der Waals surface area contributed by atoms with Gasteiger partial charge in [0.15, 0.2) is 5.13 Å². The van der Waals surface area contributed by atoms with E-state index in [1.807, 2.05) is 6.20 Å². The normalized spacial score (nSPS) is 21.3. The molecule has 0 aliphatic carbocycles. The highest BCUT2D eigenvalue weighted by Gasteiger charge is 2.18. The van der Waals surface area contributed by atoms with Crippen LogP contribution in [0.3, 0.4) is 0 Å². The highest BCUT2D eigenvalue weighted by molar-refractivity contribution is 7.15. The first-order chi connectivity index (χ1) is 13.2. The monoisotopic (exact) mass is 388 g/mol. The SMILES string of the molecule is Cc1cnc(Nc2cc(CN3CCOCC3)nc(C[C@H]3CCCNC3)n2)s1. The van der Waals surface area contributed by atoms with Gasteiger partial charge in [-0.25, -0.2) is 15.0 Å². The average Bonchev–Trinajstić information content (AvgIpc) is 3.08. The summed E-state index contributed by atoms with van der Waals surface area (Å²) in [6, 6.07) is 2.06. The molecule has 2 aromatic rings. The number of ether oxygens (including phenoxy) is 1. The Balaban J connectivity index is 1.52. The van der Waals surface area contributed by atoms with Gasteiger partial charge in [0.1, 0.15) is 11.6 Å². The van der Waals surface area contributed by atoms with E-state index in [1.54, 1.807) is 11.3 Å². The fourth-order valence-corrected chi connectivity index (χ4v) is 4.33. The molecule has 2 saturated heterocycles. The topological polar surface area (TPSA) is 75.2 Å². The molecule has 2 fully saturated rings. The van der Waals surface area contributed by atoms with E-state index in [9.17, 15) is 0 Å². The van der Waals surface area contributed by atoms with Gasteiger partial charge in [0.2, 0.25) is 0 Å². The van der Waals surface area contributed by atoms with E-state index >= 15 is 0 Å². The molecule has 7 nitrogen and oxygen atoms in total. The number of aryl methyl sites for hydroxylation is 1. The van der Waals surface area contributed by atoms with Crippen molar-refractivity contribution < 1.29 is 4.74 Å². The Morgan fingerprint density at radius 3 is 2.96 bits per heavy atom. The number of morpholine rings is 1. The molecule has 1 atom stereocenters. The van der Waals surface area contributed by atoms with Crippen LogP contribution in [0.25, 0.3) is 0 Å². The van der Waals surface area contributed by atoms with E-state index in [0.29, 0.717) is 5.92 Å². The zero-order valence-electron chi connectivity index (χ0n) is 15.9. The molecule has 0 bridgehead atoms. The first-order valence-electron chi connectivity index (χ1n) is 9.82. The second kappa shape index (κ2) is 9.05. The Labute approximate surface area is 164 Å². The van der Waals surface area contributed by atoms with Crippen LogP contribution in [-0.4, -0.2) is 59.2 Å². The van der Waals surface area contributed by atoms with Crippen molar-refractivity contribution in [3.8, 4) is 0 Å². The van der Waals surface area contributed by atoms with Gasteiger partial charge in [0.25, 0.3) is 0 Å².